The van der Waals surface area contributed by atoms with Crippen molar-refractivity contribution in [1.29, 1.82) is 0 Å². The first kappa shape index (κ1) is 17.1. The summed E-state index contributed by atoms with van der Waals surface area (Å²) in [7, 11) is -1.62. The molecule has 0 amide bonds. The van der Waals surface area contributed by atoms with Gasteiger partial charge in [0.1, 0.15) is 0 Å². The lowest BCUT2D eigenvalue weighted by Crippen LogP contribution is -2.32. The van der Waals surface area contributed by atoms with Gasteiger partial charge in [-0.3, -0.25) is 0 Å². The van der Waals surface area contributed by atoms with Crippen molar-refractivity contribution in [3.05, 3.63) is 28.8 Å². The maximum atomic E-state index is 12.5. The van der Waals surface area contributed by atoms with Crippen molar-refractivity contribution < 1.29 is 8.42 Å². The molecule has 20 heavy (non-hydrogen) atoms. The van der Waals surface area contributed by atoms with Gasteiger partial charge in [-0.2, -0.15) is 0 Å². The summed E-state index contributed by atoms with van der Waals surface area (Å²) in [5, 5.41) is 3.05. The van der Waals surface area contributed by atoms with E-state index < -0.39 is 10.0 Å². The van der Waals surface area contributed by atoms with Crippen molar-refractivity contribution in [2.45, 2.75) is 46.1 Å². The summed E-state index contributed by atoms with van der Waals surface area (Å²) in [6.07, 6.45) is 0. The second-order valence-electron chi connectivity index (χ2n) is 6.45. The van der Waals surface area contributed by atoms with Gasteiger partial charge in [-0.1, -0.05) is 26.8 Å². The monoisotopic (exact) mass is 298 g/mol. The highest BCUT2D eigenvalue weighted by molar-refractivity contribution is 7.89. The van der Waals surface area contributed by atoms with Crippen LogP contribution in [0.3, 0.4) is 0 Å². The van der Waals surface area contributed by atoms with Crippen molar-refractivity contribution in [3.8, 4) is 0 Å². The Kier molecular flexibility index (Phi) is 5.35. The maximum absolute atomic E-state index is 12.5. The Hall–Kier alpha value is -0.910. The van der Waals surface area contributed by atoms with Crippen LogP contribution in [0, 0.1) is 19.3 Å². The van der Waals surface area contributed by atoms with E-state index in [4.69, 9.17) is 0 Å². The normalized spacial score (nSPS) is 12.7. The number of benzene rings is 1. The van der Waals surface area contributed by atoms with Crippen LogP contribution in [-0.2, 0) is 16.6 Å². The number of rotatable bonds is 5. The van der Waals surface area contributed by atoms with E-state index in [0.29, 0.717) is 18.0 Å². The summed E-state index contributed by atoms with van der Waals surface area (Å²) < 4.78 is 27.7. The summed E-state index contributed by atoms with van der Waals surface area (Å²) in [5.41, 5.74) is 2.70. The predicted octanol–water partition coefficient (Wildman–Crippen LogP) is 2.35. The van der Waals surface area contributed by atoms with Gasteiger partial charge >= 0.3 is 0 Å². The molecule has 0 aliphatic heterocycles. The smallest absolute Gasteiger partial charge is 0.240 e. The van der Waals surface area contributed by atoms with E-state index in [1.54, 1.807) is 6.07 Å². The van der Waals surface area contributed by atoms with Crippen LogP contribution in [0.25, 0.3) is 0 Å². The SMILES string of the molecule is CNCc1cc(C)c(C)c(S(=O)(=O)NCC(C)(C)C)c1. The van der Waals surface area contributed by atoms with Gasteiger partial charge in [0.05, 0.1) is 4.90 Å². The minimum atomic E-state index is -3.47. The molecule has 4 nitrogen and oxygen atoms in total. The molecule has 0 heterocycles. The first-order valence-electron chi connectivity index (χ1n) is 6.81. The number of aryl methyl sites for hydroxylation is 1. The van der Waals surface area contributed by atoms with Crippen LogP contribution in [0.15, 0.2) is 17.0 Å². The molecule has 0 radical (unpaired) electrons. The third-order valence-corrected chi connectivity index (χ3v) is 4.67. The van der Waals surface area contributed by atoms with Crippen molar-refractivity contribution in [1.82, 2.24) is 10.0 Å². The van der Waals surface area contributed by atoms with Crippen molar-refractivity contribution in [3.63, 3.8) is 0 Å². The summed E-state index contributed by atoms with van der Waals surface area (Å²) in [6.45, 7) is 10.9. The van der Waals surface area contributed by atoms with Crippen LogP contribution >= 0.6 is 0 Å². The molecule has 114 valence electrons. The Morgan fingerprint density at radius 3 is 2.25 bits per heavy atom. The first-order chi connectivity index (χ1) is 9.07. The Morgan fingerprint density at radius 2 is 1.75 bits per heavy atom. The standard InChI is InChI=1S/C15H26N2O2S/c1-11-7-13(9-16-6)8-14(12(11)2)20(18,19)17-10-15(3,4)5/h7-8,16-17H,9-10H2,1-6H3. The van der Waals surface area contributed by atoms with E-state index in [1.165, 1.54) is 0 Å². The quantitative estimate of drug-likeness (QED) is 0.877. The summed E-state index contributed by atoms with van der Waals surface area (Å²) in [5.74, 6) is 0. The fraction of sp³-hybridized carbons (Fsp3) is 0.600. The second-order valence-corrected chi connectivity index (χ2v) is 8.19. The molecule has 0 aliphatic carbocycles. The lowest BCUT2D eigenvalue weighted by atomic mass is 9.98. The molecule has 0 unspecified atom stereocenters. The fourth-order valence-electron chi connectivity index (χ4n) is 1.87. The number of hydrogen-bond donors (Lipinski definition) is 2. The average molecular weight is 298 g/mol. The Balaban J connectivity index is 3.17. The molecule has 0 saturated heterocycles. The van der Waals surface area contributed by atoms with E-state index in [0.717, 1.165) is 16.7 Å². The van der Waals surface area contributed by atoms with Gasteiger partial charge in [-0.15, -0.1) is 0 Å². The van der Waals surface area contributed by atoms with E-state index in [-0.39, 0.29) is 5.41 Å². The average Bonchev–Trinajstić information content (AvgIpc) is 2.30. The molecular formula is C15H26N2O2S. The molecule has 1 aromatic carbocycles. The van der Waals surface area contributed by atoms with Crippen LogP contribution < -0.4 is 10.0 Å². The highest BCUT2D eigenvalue weighted by Crippen LogP contribution is 2.22. The Morgan fingerprint density at radius 1 is 1.15 bits per heavy atom. The topological polar surface area (TPSA) is 58.2 Å². The Bertz CT molecular complexity index is 572. The molecule has 0 aromatic heterocycles. The predicted molar refractivity (Wildman–Crippen MR) is 83.3 cm³/mol. The zero-order valence-corrected chi connectivity index (χ0v) is 14.1. The van der Waals surface area contributed by atoms with Crippen LogP contribution in [0.4, 0.5) is 0 Å². The zero-order valence-electron chi connectivity index (χ0n) is 13.3. The molecule has 0 saturated carbocycles. The highest BCUT2D eigenvalue weighted by Gasteiger charge is 2.21. The molecular weight excluding hydrogens is 272 g/mol. The van der Waals surface area contributed by atoms with E-state index in [9.17, 15) is 8.42 Å². The summed E-state index contributed by atoms with van der Waals surface area (Å²) in [6, 6.07) is 3.78. The van der Waals surface area contributed by atoms with Gasteiger partial charge in [-0.05, 0) is 49.1 Å². The second kappa shape index (κ2) is 6.24. The number of nitrogens with one attached hydrogen (secondary N) is 2. The number of hydrogen-bond acceptors (Lipinski definition) is 3. The molecule has 0 bridgehead atoms. The number of sulfonamides is 1. The lowest BCUT2D eigenvalue weighted by Gasteiger charge is -2.20. The molecule has 0 aliphatic rings. The molecule has 1 rings (SSSR count). The summed E-state index contributed by atoms with van der Waals surface area (Å²) in [4.78, 5) is 0.381. The minimum Gasteiger partial charge on any atom is -0.316 e. The van der Waals surface area contributed by atoms with Gasteiger partial charge < -0.3 is 5.32 Å². The molecule has 2 N–H and O–H groups in total. The molecule has 5 heteroatoms. The minimum absolute atomic E-state index is 0.0847. The van der Waals surface area contributed by atoms with E-state index >= 15 is 0 Å². The van der Waals surface area contributed by atoms with Crippen molar-refractivity contribution in [2.75, 3.05) is 13.6 Å². The molecule has 0 fully saturated rings. The van der Waals surface area contributed by atoms with Gasteiger partial charge in [0.25, 0.3) is 0 Å². The molecule has 0 spiro atoms. The van der Waals surface area contributed by atoms with Crippen LogP contribution in [-0.4, -0.2) is 22.0 Å². The highest BCUT2D eigenvalue weighted by atomic mass is 32.2. The zero-order chi connectivity index (χ0) is 15.6. The van der Waals surface area contributed by atoms with Gasteiger partial charge in [-0.25, -0.2) is 13.1 Å². The first-order valence-corrected chi connectivity index (χ1v) is 8.29. The lowest BCUT2D eigenvalue weighted by molar-refractivity contribution is 0.407. The van der Waals surface area contributed by atoms with Gasteiger partial charge in [0, 0.05) is 13.1 Å². The van der Waals surface area contributed by atoms with E-state index in [2.05, 4.69) is 10.0 Å². The van der Waals surface area contributed by atoms with E-state index in [1.807, 2.05) is 47.7 Å². The van der Waals surface area contributed by atoms with Crippen LogP contribution in [0.1, 0.15) is 37.5 Å². The Labute approximate surface area is 123 Å². The largest absolute Gasteiger partial charge is 0.316 e. The summed E-state index contributed by atoms with van der Waals surface area (Å²) >= 11 is 0. The van der Waals surface area contributed by atoms with Crippen molar-refractivity contribution >= 4 is 10.0 Å². The van der Waals surface area contributed by atoms with Gasteiger partial charge in [0.15, 0.2) is 0 Å². The van der Waals surface area contributed by atoms with Gasteiger partial charge in [0.2, 0.25) is 10.0 Å². The fourth-order valence-corrected chi connectivity index (χ4v) is 3.52. The maximum Gasteiger partial charge on any atom is 0.240 e. The van der Waals surface area contributed by atoms with Crippen molar-refractivity contribution in [2.24, 2.45) is 5.41 Å². The third kappa shape index (κ3) is 4.58. The molecule has 1 aromatic rings. The van der Waals surface area contributed by atoms with Crippen LogP contribution in [0.2, 0.25) is 0 Å². The van der Waals surface area contributed by atoms with Crippen LogP contribution in [0.5, 0.6) is 0 Å². The molecule has 0 atom stereocenters. The third-order valence-electron chi connectivity index (χ3n) is 3.14.